The number of rotatable bonds is 5. The van der Waals surface area contributed by atoms with Gasteiger partial charge in [-0.05, 0) is 36.6 Å². The van der Waals surface area contributed by atoms with Gasteiger partial charge in [-0.25, -0.2) is 13.4 Å². The first-order valence-corrected chi connectivity index (χ1v) is 12.1. The van der Waals surface area contributed by atoms with E-state index in [0.29, 0.717) is 35.8 Å². The maximum atomic E-state index is 12.9. The Labute approximate surface area is 174 Å². The van der Waals surface area contributed by atoms with Gasteiger partial charge in [0.2, 0.25) is 0 Å². The monoisotopic (exact) mass is 432 g/mol. The van der Waals surface area contributed by atoms with Crippen LogP contribution in [-0.2, 0) is 16.3 Å². The molecule has 146 valence electrons. The Kier molecular flexibility index (Phi) is 5.71. The highest BCUT2D eigenvalue weighted by molar-refractivity contribution is 7.92. The summed E-state index contributed by atoms with van der Waals surface area (Å²) >= 11 is 7.60. The molecule has 0 atom stereocenters. The van der Waals surface area contributed by atoms with Gasteiger partial charge in [0.15, 0.2) is 15.0 Å². The molecule has 0 bridgehead atoms. The van der Waals surface area contributed by atoms with Crippen molar-refractivity contribution in [3.8, 4) is 0 Å². The summed E-state index contributed by atoms with van der Waals surface area (Å²) in [5.41, 5.74) is 2.30. The van der Waals surface area contributed by atoms with Gasteiger partial charge in [0.25, 0.3) is 0 Å². The highest BCUT2D eigenvalue weighted by atomic mass is 35.5. The van der Waals surface area contributed by atoms with Crippen LogP contribution in [0.5, 0.6) is 0 Å². The molecule has 0 aliphatic carbocycles. The highest BCUT2D eigenvalue weighted by Crippen LogP contribution is 2.30. The van der Waals surface area contributed by atoms with Crippen molar-refractivity contribution in [1.82, 2.24) is 4.98 Å². The topological polar surface area (TPSA) is 50.3 Å². The number of hydrogen-bond acceptors (Lipinski definition) is 5. The average Bonchev–Trinajstić information content (AvgIpc) is 3.17. The van der Waals surface area contributed by atoms with E-state index < -0.39 is 9.84 Å². The van der Waals surface area contributed by atoms with Gasteiger partial charge in [0.05, 0.1) is 15.8 Å². The number of halogens is 1. The lowest BCUT2D eigenvalue weighted by Gasteiger charge is -2.31. The molecule has 1 aliphatic heterocycles. The molecular formula is C21H21ClN2O2S2. The molecule has 4 rings (SSSR count). The van der Waals surface area contributed by atoms with E-state index in [4.69, 9.17) is 16.6 Å². The van der Waals surface area contributed by atoms with Crippen molar-refractivity contribution in [2.75, 3.05) is 18.0 Å². The van der Waals surface area contributed by atoms with Gasteiger partial charge in [-0.3, -0.25) is 0 Å². The van der Waals surface area contributed by atoms with E-state index in [0.717, 1.165) is 17.2 Å². The summed E-state index contributed by atoms with van der Waals surface area (Å²) in [7, 11) is -3.35. The van der Waals surface area contributed by atoms with Crippen molar-refractivity contribution in [2.24, 2.45) is 0 Å². The Balaban J connectivity index is 1.40. The standard InChI is InChI=1S/C21H21ClN2O2S2/c22-17-7-4-8-20(14-17)28(25,26)19-9-11-24(12-10-19)21-23-18(15-27-21)13-16-5-2-1-3-6-16/h1-8,14-15,19H,9-13H2. The lowest BCUT2D eigenvalue weighted by molar-refractivity contribution is 0.529. The maximum Gasteiger partial charge on any atom is 0.185 e. The summed E-state index contributed by atoms with van der Waals surface area (Å²) in [5.74, 6) is 0. The van der Waals surface area contributed by atoms with E-state index >= 15 is 0 Å². The van der Waals surface area contributed by atoms with Crippen LogP contribution >= 0.6 is 22.9 Å². The van der Waals surface area contributed by atoms with E-state index in [1.54, 1.807) is 35.6 Å². The first-order valence-electron chi connectivity index (χ1n) is 9.25. The number of nitrogens with zero attached hydrogens (tertiary/aromatic N) is 2. The second-order valence-electron chi connectivity index (χ2n) is 6.97. The van der Waals surface area contributed by atoms with Crippen molar-refractivity contribution >= 4 is 37.9 Å². The van der Waals surface area contributed by atoms with Crippen LogP contribution in [0.3, 0.4) is 0 Å². The minimum absolute atomic E-state index is 0.317. The van der Waals surface area contributed by atoms with Crippen molar-refractivity contribution in [2.45, 2.75) is 29.4 Å². The molecular weight excluding hydrogens is 412 g/mol. The lowest BCUT2D eigenvalue weighted by Crippen LogP contribution is -2.39. The van der Waals surface area contributed by atoms with Crippen molar-refractivity contribution in [3.63, 3.8) is 0 Å². The predicted molar refractivity (Wildman–Crippen MR) is 115 cm³/mol. The zero-order valence-corrected chi connectivity index (χ0v) is 17.7. The molecule has 4 nitrogen and oxygen atoms in total. The van der Waals surface area contributed by atoms with Gasteiger partial charge in [-0.1, -0.05) is 48.0 Å². The number of hydrogen-bond donors (Lipinski definition) is 0. The Morgan fingerprint density at radius 2 is 1.82 bits per heavy atom. The van der Waals surface area contributed by atoms with Crippen LogP contribution in [0, 0.1) is 0 Å². The Morgan fingerprint density at radius 1 is 1.07 bits per heavy atom. The van der Waals surface area contributed by atoms with Crippen LogP contribution in [-0.4, -0.2) is 31.7 Å². The summed E-state index contributed by atoms with van der Waals surface area (Å²) in [6.45, 7) is 1.39. The third kappa shape index (κ3) is 4.24. The van der Waals surface area contributed by atoms with Gasteiger partial charge in [0, 0.05) is 29.9 Å². The summed E-state index contributed by atoms with van der Waals surface area (Å²) in [6, 6.07) is 16.8. The molecule has 28 heavy (non-hydrogen) atoms. The normalized spacial score (nSPS) is 15.7. The van der Waals surface area contributed by atoms with E-state index in [9.17, 15) is 8.42 Å². The molecule has 2 aromatic carbocycles. The zero-order valence-electron chi connectivity index (χ0n) is 15.3. The molecule has 1 aromatic heterocycles. The molecule has 7 heteroatoms. The van der Waals surface area contributed by atoms with E-state index in [2.05, 4.69) is 22.4 Å². The van der Waals surface area contributed by atoms with Crippen LogP contribution < -0.4 is 4.90 Å². The number of thiazole rings is 1. The first kappa shape index (κ1) is 19.4. The van der Waals surface area contributed by atoms with Gasteiger partial charge in [0.1, 0.15) is 0 Å². The molecule has 0 spiro atoms. The maximum absolute atomic E-state index is 12.9. The van der Waals surface area contributed by atoms with Gasteiger partial charge >= 0.3 is 0 Å². The molecule has 3 aromatic rings. The molecule has 0 N–H and O–H groups in total. The Morgan fingerprint density at radius 3 is 2.54 bits per heavy atom. The summed E-state index contributed by atoms with van der Waals surface area (Å²) in [4.78, 5) is 7.28. The molecule has 2 heterocycles. The molecule has 0 saturated carbocycles. The van der Waals surface area contributed by atoms with Gasteiger partial charge < -0.3 is 4.90 Å². The van der Waals surface area contributed by atoms with Gasteiger partial charge in [-0.2, -0.15) is 0 Å². The molecule has 1 fully saturated rings. The second-order valence-corrected chi connectivity index (χ2v) is 10.5. The fourth-order valence-electron chi connectivity index (χ4n) is 3.52. The van der Waals surface area contributed by atoms with Crippen molar-refractivity contribution in [3.05, 3.63) is 76.3 Å². The summed E-state index contributed by atoms with van der Waals surface area (Å²) in [6.07, 6.45) is 2.02. The fraction of sp³-hybridized carbons (Fsp3) is 0.286. The SMILES string of the molecule is O=S(=O)(c1cccc(Cl)c1)C1CCN(c2nc(Cc3ccccc3)cs2)CC1. The number of aromatic nitrogens is 1. The number of anilines is 1. The Bertz CT molecular complexity index is 1040. The van der Waals surface area contributed by atoms with Crippen molar-refractivity contribution in [1.29, 1.82) is 0 Å². The summed E-state index contributed by atoms with van der Waals surface area (Å²) in [5, 5.41) is 3.15. The molecule has 0 radical (unpaired) electrons. The van der Waals surface area contributed by atoms with E-state index in [1.807, 2.05) is 18.2 Å². The second kappa shape index (κ2) is 8.23. The molecule has 0 unspecified atom stereocenters. The summed E-state index contributed by atoms with van der Waals surface area (Å²) < 4.78 is 25.8. The smallest absolute Gasteiger partial charge is 0.185 e. The number of benzene rings is 2. The molecule has 0 amide bonds. The minimum atomic E-state index is -3.35. The van der Waals surface area contributed by atoms with Crippen molar-refractivity contribution < 1.29 is 8.42 Å². The van der Waals surface area contributed by atoms with Crippen LogP contribution in [0.25, 0.3) is 0 Å². The van der Waals surface area contributed by atoms with E-state index in [1.165, 1.54) is 5.56 Å². The van der Waals surface area contributed by atoms with Crippen LogP contribution in [0.4, 0.5) is 5.13 Å². The van der Waals surface area contributed by atoms with Crippen LogP contribution in [0.2, 0.25) is 5.02 Å². The molecule has 1 aliphatic rings. The third-order valence-electron chi connectivity index (χ3n) is 5.04. The average molecular weight is 433 g/mol. The highest BCUT2D eigenvalue weighted by Gasteiger charge is 2.32. The minimum Gasteiger partial charge on any atom is -0.348 e. The first-order chi connectivity index (χ1) is 13.5. The van der Waals surface area contributed by atoms with Crippen LogP contribution in [0.15, 0.2) is 64.9 Å². The molecule has 1 saturated heterocycles. The van der Waals surface area contributed by atoms with Crippen LogP contribution in [0.1, 0.15) is 24.1 Å². The number of piperidine rings is 1. The fourth-order valence-corrected chi connectivity index (χ4v) is 6.43. The quantitative estimate of drug-likeness (QED) is 0.579. The largest absolute Gasteiger partial charge is 0.348 e. The lowest BCUT2D eigenvalue weighted by atomic mass is 10.1. The van der Waals surface area contributed by atoms with E-state index in [-0.39, 0.29) is 5.25 Å². The number of sulfone groups is 1. The predicted octanol–water partition coefficient (Wildman–Crippen LogP) is 4.83. The Hall–Kier alpha value is -1.89. The third-order valence-corrected chi connectivity index (χ3v) is 8.49. The van der Waals surface area contributed by atoms with Gasteiger partial charge in [-0.15, -0.1) is 11.3 Å². The zero-order chi connectivity index (χ0) is 19.6.